The van der Waals surface area contributed by atoms with Gasteiger partial charge in [0.15, 0.2) is 0 Å². The number of rotatable bonds is 4. The molecule has 2 nitrogen and oxygen atoms in total. The first-order valence-corrected chi connectivity index (χ1v) is 8.72. The Balaban J connectivity index is 2.17. The second-order valence-corrected chi connectivity index (χ2v) is 6.56. The van der Waals surface area contributed by atoms with Crippen molar-refractivity contribution in [2.75, 3.05) is 5.88 Å². The highest BCUT2D eigenvalue weighted by Gasteiger charge is 2.49. The van der Waals surface area contributed by atoms with Crippen molar-refractivity contribution in [3.05, 3.63) is 66.0 Å². The van der Waals surface area contributed by atoms with Crippen LogP contribution < -0.4 is 4.48 Å². The lowest BCUT2D eigenvalue weighted by Crippen LogP contribution is -2.73. The summed E-state index contributed by atoms with van der Waals surface area (Å²) in [6.07, 6.45) is 4.92. The summed E-state index contributed by atoms with van der Waals surface area (Å²) in [5, 5.41) is 0. The fourth-order valence-electron chi connectivity index (χ4n) is 3.83. The number of benzene rings is 1. The maximum atomic E-state index is 6.82. The monoisotopic (exact) mass is 315 g/mol. The summed E-state index contributed by atoms with van der Waals surface area (Å²) in [5.74, 6) is 0.468. The summed E-state index contributed by atoms with van der Waals surface area (Å²) >= 11 is 6.46. The Kier molecular flexibility index (Phi) is 4.29. The molecule has 1 atom stereocenters. The molecule has 0 saturated carbocycles. The van der Waals surface area contributed by atoms with Gasteiger partial charge in [0, 0.05) is 6.07 Å². The first-order valence-electron chi connectivity index (χ1n) is 8.19. The van der Waals surface area contributed by atoms with E-state index in [1.54, 1.807) is 0 Å². The van der Waals surface area contributed by atoms with Gasteiger partial charge in [0.1, 0.15) is 11.9 Å². The van der Waals surface area contributed by atoms with Crippen molar-refractivity contribution < 1.29 is 9.13 Å². The van der Waals surface area contributed by atoms with E-state index in [2.05, 4.69) is 67.0 Å². The largest absolute Gasteiger partial charge is 0.522 e. The van der Waals surface area contributed by atoms with Gasteiger partial charge in [-0.1, -0.05) is 62.9 Å². The van der Waals surface area contributed by atoms with Gasteiger partial charge in [0.2, 0.25) is 0 Å². The summed E-state index contributed by atoms with van der Waals surface area (Å²) in [6, 6.07) is 16.8. The van der Waals surface area contributed by atoms with E-state index in [0.29, 0.717) is 5.88 Å². The van der Waals surface area contributed by atoms with Crippen LogP contribution in [0.15, 0.2) is 54.7 Å². The molecule has 0 aliphatic carbocycles. The van der Waals surface area contributed by atoms with E-state index >= 15 is 0 Å². The third kappa shape index (κ3) is 2.37. The molecule has 3 rings (SSSR count). The number of pyridine rings is 1. The Morgan fingerprint density at radius 1 is 1.09 bits per heavy atom. The van der Waals surface area contributed by atoms with Crippen molar-refractivity contribution in [2.45, 2.75) is 38.5 Å². The Morgan fingerprint density at radius 2 is 1.77 bits per heavy atom. The van der Waals surface area contributed by atoms with Crippen molar-refractivity contribution in [3.63, 3.8) is 0 Å². The predicted molar refractivity (Wildman–Crippen MR) is 92.4 cm³/mol. The summed E-state index contributed by atoms with van der Waals surface area (Å²) in [5.41, 5.74) is 2.05. The normalized spacial score (nSPS) is 23.0. The smallest absolute Gasteiger partial charge is 0.405 e. The molecule has 2 aromatic rings. The minimum absolute atomic E-state index is 0.434. The maximum absolute atomic E-state index is 6.82. The molecule has 22 heavy (non-hydrogen) atoms. The molecule has 0 radical (unpaired) electrons. The second-order valence-electron chi connectivity index (χ2n) is 6.30. The van der Waals surface area contributed by atoms with Crippen LogP contribution in [0, 0.1) is 0 Å². The Bertz CT molecular complexity index is 645. The lowest BCUT2D eigenvalue weighted by Gasteiger charge is -2.49. The van der Waals surface area contributed by atoms with Crippen LogP contribution in [-0.4, -0.2) is 12.4 Å². The molecule has 4 heteroatoms. The molecule has 2 heterocycles. The Hall–Kier alpha value is -1.32. The van der Waals surface area contributed by atoms with Crippen LogP contribution in [-0.2, 0) is 16.7 Å². The SMILES string of the molecule is CC[B-]1(CC)OC(CCl)(c2ccccc2)Cc2cccc[n+]21. The molecule has 1 aliphatic rings. The van der Waals surface area contributed by atoms with Crippen molar-refractivity contribution >= 4 is 18.1 Å². The molecule has 1 aromatic heterocycles. The highest BCUT2D eigenvalue weighted by molar-refractivity contribution is 6.65. The fraction of sp³-hybridized carbons (Fsp3) is 0.389. The molecule has 0 bridgehead atoms. The van der Waals surface area contributed by atoms with Crippen LogP contribution in [0.3, 0.4) is 0 Å². The van der Waals surface area contributed by atoms with Crippen molar-refractivity contribution in [1.82, 2.24) is 0 Å². The van der Waals surface area contributed by atoms with Crippen LogP contribution >= 0.6 is 11.6 Å². The number of halogens is 1. The number of alkyl halides is 1. The van der Waals surface area contributed by atoms with Gasteiger partial charge in [0.25, 0.3) is 0 Å². The van der Waals surface area contributed by atoms with E-state index in [9.17, 15) is 0 Å². The molecule has 0 fully saturated rings. The molecule has 0 amide bonds. The molecular formula is C18H23BClNO. The number of nitrogens with zero attached hydrogens (tertiary/aromatic N) is 1. The fourth-order valence-corrected chi connectivity index (χ4v) is 4.14. The lowest BCUT2D eigenvalue weighted by atomic mass is 9.45. The molecule has 0 saturated heterocycles. The molecule has 1 unspecified atom stereocenters. The number of hydrogen-bond donors (Lipinski definition) is 0. The van der Waals surface area contributed by atoms with E-state index in [1.165, 1.54) is 11.3 Å². The van der Waals surface area contributed by atoms with Crippen LogP contribution in [0.4, 0.5) is 0 Å². The van der Waals surface area contributed by atoms with Gasteiger partial charge in [-0.05, 0) is 11.6 Å². The van der Waals surface area contributed by atoms with Gasteiger partial charge >= 0.3 is 6.48 Å². The standard InChI is InChI=1S/C18H23BClNO/c1-3-19(4-2)21-13-9-8-12-17(21)14-18(15-20,22-19)16-10-6-5-7-11-16/h5-13H,3-4,14-15H2,1-2H3. The van der Waals surface area contributed by atoms with Crippen LogP contribution in [0.2, 0.25) is 12.6 Å². The maximum Gasteiger partial charge on any atom is 0.405 e. The lowest BCUT2D eigenvalue weighted by molar-refractivity contribution is -0.584. The van der Waals surface area contributed by atoms with Crippen molar-refractivity contribution in [3.8, 4) is 0 Å². The number of hydrogen-bond acceptors (Lipinski definition) is 1. The van der Waals surface area contributed by atoms with E-state index in [0.717, 1.165) is 19.1 Å². The van der Waals surface area contributed by atoms with Crippen molar-refractivity contribution in [1.29, 1.82) is 0 Å². The molecule has 116 valence electrons. The van der Waals surface area contributed by atoms with Crippen LogP contribution in [0.5, 0.6) is 0 Å². The van der Waals surface area contributed by atoms with E-state index in [4.69, 9.17) is 16.3 Å². The Labute approximate surface area is 138 Å². The topological polar surface area (TPSA) is 13.1 Å². The zero-order chi connectivity index (χ0) is 15.6. The summed E-state index contributed by atoms with van der Waals surface area (Å²) in [7, 11) is 0. The molecule has 1 aromatic carbocycles. The molecule has 0 spiro atoms. The highest BCUT2D eigenvalue weighted by atomic mass is 35.5. The molecular weight excluding hydrogens is 292 g/mol. The van der Waals surface area contributed by atoms with Gasteiger partial charge < -0.3 is 9.13 Å². The van der Waals surface area contributed by atoms with Crippen LogP contribution in [0.25, 0.3) is 0 Å². The quantitative estimate of drug-likeness (QED) is 0.614. The van der Waals surface area contributed by atoms with Crippen molar-refractivity contribution in [2.24, 2.45) is 0 Å². The van der Waals surface area contributed by atoms with E-state index in [-0.39, 0.29) is 0 Å². The molecule has 1 aliphatic heterocycles. The Morgan fingerprint density at radius 3 is 2.41 bits per heavy atom. The highest BCUT2D eigenvalue weighted by Crippen LogP contribution is 2.38. The zero-order valence-electron chi connectivity index (χ0n) is 13.3. The number of fused-ring (bicyclic) bond motifs is 1. The third-order valence-electron chi connectivity index (χ3n) is 5.19. The van der Waals surface area contributed by atoms with Gasteiger partial charge in [-0.3, -0.25) is 0 Å². The van der Waals surface area contributed by atoms with E-state index in [1.807, 2.05) is 6.07 Å². The van der Waals surface area contributed by atoms with Gasteiger partial charge in [-0.25, -0.2) is 0 Å². The summed E-state index contributed by atoms with van der Waals surface area (Å²) < 4.78 is 9.17. The summed E-state index contributed by atoms with van der Waals surface area (Å²) in [4.78, 5) is 0. The van der Waals surface area contributed by atoms with Gasteiger partial charge in [-0.2, -0.15) is 0 Å². The first kappa shape index (κ1) is 15.6. The predicted octanol–water partition coefficient (Wildman–Crippen LogP) is 4.01. The molecule has 0 N–H and O–H groups in total. The number of aromatic nitrogens is 1. The second kappa shape index (κ2) is 6.06. The first-order chi connectivity index (χ1) is 10.7. The van der Waals surface area contributed by atoms with Gasteiger partial charge in [0.05, 0.1) is 17.9 Å². The zero-order valence-corrected chi connectivity index (χ0v) is 14.1. The summed E-state index contributed by atoms with van der Waals surface area (Å²) in [6.45, 7) is 3.31. The van der Waals surface area contributed by atoms with E-state index < -0.39 is 12.1 Å². The third-order valence-corrected chi connectivity index (χ3v) is 5.62. The average Bonchev–Trinajstić information content (AvgIpc) is 2.61. The minimum atomic E-state index is -1.11. The van der Waals surface area contributed by atoms with Gasteiger partial charge in [-0.15, -0.1) is 11.6 Å². The van der Waals surface area contributed by atoms with Crippen LogP contribution in [0.1, 0.15) is 25.1 Å². The minimum Gasteiger partial charge on any atom is -0.522 e. The average molecular weight is 316 g/mol.